The van der Waals surface area contributed by atoms with Crippen LogP contribution in [-0.4, -0.2) is 17.8 Å². The number of aldehydes is 1. The van der Waals surface area contributed by atoms with Crippen LogP contribution < -0.4 is 5.73 Å². The van der Waals surface area contributed by atoms with E-state index in [1.165, 1.54) is 18.2 Å². The fraction of sp³-hybridized carbons (Fsp3) is 0.100. The van der Waals surface area contributed by atoms with Crippen molar-refractivity contribution in [2.24, 2.45) is 5.73 Å². The van der Waals surface area contributed by atoms with E-state index in [4.69, 9.17) is 5.73 Å². The first kappa shape index (κ1) is 10.9. The van der Waals surface area contributed by atoms with Crippen LogP contribution in [-0.2, 0) is 0 Å². The normalized spacial score (nSPS) is 8.87. The average molecular weight is 204 g/mol. The number of benzene rings is 1. The number of hydrogen-bond acceptors (Lipinski definition) is 4. The van der Waals surface area contributed by atoms with Crippen molar-refractivity contribution in [1.29, 1.82) is 0 Å². The number of nitro groups is 1. The highest BCUT2D eigenvalue weighted by Crippen LogP contribution is 2.15. The number of rotatable bonds is 2. The second kappa shape index (κ2) is 4.88. The maximum atomic E-state index is 10.6. The number of hydrogen-bond donors (Lipinski definition) is 1. The fourth-order valence-corrected chi connectivity index (χ4v) is 1.02. The van der Waals surface area contributed by atoms with Crippen LogP contribution in [0.25, 0.3) is 0 Å². The van der Waals surface area contributed by atoms with Gasteiger partial charge in [0.1, 0.15) is 0 Å². The molecule has 0 saturated heterocycles. The van der Waals surface area contributed by atoms with Gasteiger partial charge in [-0.1, -0.05) is 11.8 Å². The van der Waals surface area contributed by atoms with Crippen molar-refractivity contribution in [2.75, 3.05) is 6.54 Å². The lowest BCUT2D eigenvalue weighted by Gasteiger charge is -1.96. The summed E-state index contributed by atoms with van der Waals surface area (Å²) in [6.07, 6.45) is 0.535. The highest BCUT2D eigenvalue weighted by Gasteiger charge is 2.08. The molecule has 0 aliphatic heterocycles. The Morgan fingerprint density at radius 1 is 1.53 bits per heavy atom. The van der Waals surface area contributed by atoms with Crippen molar-refractivity contribution in [2.45, 2.75) is 0 Å². The minimum atomic E-state index is -0.562. The van der Waals surface area contributed by atoms with Crippen LogP contribution in [0.4, 0.5) is 5.69 Å². The van der Waals surface area contributed by atoms with Crippen LogP contribution in [0.2, 0.25) is 0 Å². The van der Waals surface area contributed by atoms with Crippen LogP contribution in [0.15, 0.2) is 18.2 Å². The summed E-state index contributed by atoms with van der Waals surface area (Å²) < 4.78 is 0. The van der Waals surface area contributed by atoms with Crippen molar-refractivity contribution in [3.8, 4) is 11.8 Å². The maximum absolute atomic E-state index is 10.6. The average Bonchev–Trinajstić information content (AvgIpc) is 2.25. The van der Waals surface area contributed by atoms with Crippen LogP contribution in [0.5, 0.6) is 0 Å². The molecule has 0 aliphatic carbocycles. The van der Waals surface area contributed by atoms with Gasteiger partial charge in [0.05, 0.1) is 11.5 Å². The summed E-state index contributed by atoms with van der Waals surface area (Å²) in [6.45, 7) is 0.176. The molecule has 0 heterocycles. The van der Waals surface area contributed by atoms with Crippen LogP contribution in [0, 0.1) is 22.0 Å². The third-order valence-corrected chi connectivity index (χ3v) is 1.70. The summed E-state index contributed by atoms with van der Waals surface area (Å²) in [4.78, 5) is 20.5. The molecule has 0 atom stereocenters. The molecule has 0 aliphatic rings. The lowest BCUT2D eigenvalue weighted by Crippen LogP contribution is -1.95. The van der Waals surface area contributed by atoms with Gasteiger partial charge in [-0.3, -0.25) is 14.9 Å². The van der Waals surface area contributed by atoms with E-state index in [2.05, 4.69) is 11.8 Å². The van der Waals surface area contributed by atoms with E-state index in [0.29, 0.717) is 11.8 Å². The predicted octanol–water partition coefficient (Wildman–Crippen LogP) is 0.718. The molecule has 0 saturated carbocycles. The fourth-order valence-electron chi connectivity index (χ4n) is 1.02. The third kappa shape index (κ3) is 2.62. The molecule has 0 fully saturated rings. The third-order valence-electron chi connectivity index (χ3n) is 1.70. The lowest BCUT2D eigenvalue weighted by atomic mass is 10.1. The Morgan fingerprint density at radius 3 is 2.80 bits per heavy atom. The smallest absolute Gasteiger partial charge is 0.270 e. The van der Waals surface area contributed by atoms with E-state index in [-0.39, 0.29) is 17.8 Å². The van der Waals surface area contributed by atoms with Crippen LogP contribution in [0.1, 0.15) is 15.9 Å². The Bertz CT molecular complexity index is 457. The quantitative estimate of drug-likeness (QED) is 0.333. The molecule has 1 rings (SSSR count). The lowest BCUT2D eigenvalue weighted by molar-refractivity contribution is -0.384. The van der Waals surface area contributed by atoms with E-state index in [1.807, 2.05) is 0 Å². The zero-order valence-corrected chi connectivity index (χ0v) is 7.77. The maximum Gasteiger partial charge on any atom is 0.270 e. The number of nitro benzene ring substituents is 1. The van der Waals surface area contributed by atoms with Crippen molar-refractivity contribution in [3.05, 3.63) is 39.4 Å². The van der Waals surface area contributed by atoms with Gasteiger partial charge in [0, 0.05) is 23.3 Å². The largest absolute Gasteiger partial charge is 0.320 e. The summed E-state index contributed by atoms with van der Waals surface area (Å²) >= 11 is 0. The molecule has 1 aromatic carbocycles. The molecule has 0 spiro atoms. The Kier molecular flexibility index (Phi) is 3.55. The van der Waals surface area contributed by atoms with E-state index in [9.17, 15) is 14.9 Å². The SMILES string of the molecule is NCC#Cc1ccc([N+](=O)[O-])cc1C=O. The number of non-ortho nitro benzene ring substituents is 1. The minimum absolute atomic E-state index is 0.129. The first-order chi connectivity index (χ1) is 7.19. The Morgan fingerprint density at radius 2 is 2.27 bits per heavy atom. The first-order valence-corrected chi connectivity index (χ1v) is 4.11. The van der Waals surface area contributed by atoms with Gasteiger partial charge in [0.2, 0.25) is 0 Å². The highest BCUT2D eigenvalue weighted by atomic mass is 16.6. The minimum Gasteiger partial charge on any atom is -0.320 e. The van der Waals surface area contributed by atoms with E-state index in [0.717, 1.165) is 0 Å². The summed E-state index contributed by atoms with van der Waals surface area (Å²) in [5.74, 6) is 5.24. The number of nitrogens with zero attached hydrogens (tertiary/aromatic N) is 1. The number of carbonyl (C=O) groups excluding carboxylic acids is 1. The molecule has 5 heteroatoms. The van der Waals surface area contributed by atoms with Gasteiger partial charge in [-0.2, -0.15) is 0 Å². The molecule has 0 radical (unpaired) electrons. The monoisotopic (exact) mass is 204 g/mol. The first-order valence-electron chi connectivity index (χ1n) is 4.11. The molecule has 2 N–H and O–H groups in total. The van der Waals surface area contributed by atoms with Crippen LogP contribution >= 0.6 is 0 Å². The topological polar surface area (TPSA) is 86.2 Å². The van der Waals surface area contributed by atoms with Crippen molar-refractivity contribution < 1.29 is 9.72 Å². The molecule has 0 amide bonds. The Hall–Kier alpha value is -2.19. The summed E-state index contributed by atoms with van der Waals surface area (Å²) in [5, 5.41) is 10.4. The molecule has 0 unspecified atom stereocenters. The van der Waals surface area contributed by atoms with Gasteiger partial charge in [0.15, 0.2) is 6.29 Å². The van der Waals surface area contributed by atoms with Gasteiger partial charge in [-0.05, 0) is 6.07 Å². The molecular weight excluding hydrogens is 196 g/mol. The van der Waals surface area contributed by atoms with Gasteiger partial charge in [-0.25, -0.2) is 0 Å². The molecule has 76 valence electrons. The van der Waals surface area contributed by atoms with Crippen molar-refractivity contribution in [3.63, 3.8) is 0 Å². The zero-order valence-electron chi connectivity index (χ0n) is 7.77. The Balaban J connectivity index is 3.20. The molecule has 0 bridgehead atoms. The summed E-state index contributed by atoms with van der Waals surface area (Å²) in [5.41, 5.74) is 5.69. The summed E-state index contributed by atoms with van der Waals surface area (Å²) in [6, 6.07) is 3.92. The van der Waals surface area contributed by atoms with Gasteiger partial charge < -0.3 is 5.73 Å². The number of nitrogens with two attached hydrogens (primary N) is 1. The molecule has 0 aromatic heterocycles. The highest BCUT2D eigenvalue weighted by molar-refractivity contribution is 5.80. The second-order valence-electron chi connectivity index (χ2n) is 2.65. The standard InChI is InChI=1S/C10H8N2O3/c11-5-1-2-8-3-4-10(12(14)15)6-9(8)7-13/h3-4,6-7H,5,11H2. The second-order valence-corrected chi connectivity index (χ2v) is 2.65. The van der Waals surface area contributed by atoms with Gasteiger partial charge in [-0.15, -0.1) is 0 Å². The summed E-state index contributed by atoms with van der Waals surface area (Å²) in [7, 11) is 0. The van der Waals surface area contributed by atoms with Gasteiger partial charge in [0.25, 0.3) is 5.69 Å². The molecule has 5 nitrogen and oxygen atoms in total. The van der Waals surface area contributed by atoms with Crippen molar-refractivity contribution in [1.82, 2.24) is 0 Å². The number of carbonyl (C=O) groups is 1. The van der Waals surface area contributed by atoms with E-state index < -0.39 is 4.92 Å². The van der Waals surface area contributed by atoms with Crippen LogP contribution in [0.3, 0.4) is 0 Å². The molecule has 1 aromatic rings. The van der Waals surface area contributed by atoms with E-state index >= 15 is 0 Å². The molecular formula is C10H8N2O3. The zero-order chi connectivity index (χ0) is 11.3. The predicted molar refractivity (Wildman–Crippen MR) is 54.4 cm³/mol. The molecule has 15 heavy (non-hydrogen) atoms. The van der Waals surface area contributed by atoms with Crippen molar-refractivity contribution >= 4 is 12.0 Å². The van der Waals surface area contributed by atoms with Gasteiger partial charge >= 0.3 is 0 Å². The Labute approximate surface area is 86.0 Å². The van der Waals surface area contributed by atoms with E-state index in [1.54, 1.807) is 0 Å².